The van der Waals surface area contributed by atoms with Crippen molar-refractivity contribution in [2.24, 2.45) is 0 Å². The fourth-order valence-electron chi connectivity index (χ4n) is 3.81. The molecule has 3 aromatic carbocycles. The van der Waals surface area contributed by atoms with E-state index < -0.39 is 10.9 Å². The number of nitro benzene ring substituents is 1. The number of nitrogens with zero attached hydrogens (tertiary/aromatic N) is 1. The predicted molar refractivity (Wildman–Crippen MR) is 143 cm³/mol. The molecule has 0 spiro atoms. The number of rotatable bonds is 13. The number of carboxylic acid groups (broad SMARTS) is 1. The van der Waals surface area contributed by atoms with Crippen molar-refractivity contribution >= 4 is 23.8 Å². The normalized spacial score (nSPS) is 10.5. The molecule has 0 N–H and O–H groups in total. The molecule has 0 amide bonds. The van der Waals surface area contributed by atoms with Crippen LogP contribution in [0.25, 0.3) is 12.2 Å². The summed E-state index contributed by atoms with van der Waals surface area (Å²) in [5.74, 6) is 0.595. The van der Waals surface area contributed by atoms with E-state index in [0.717, 1.165) is 28.0 Å². The van der Waals surface area contributed by atoms with Crippen LogP contribution in [0, 0.1) is 24.0 Å². The van der Waals surface area contributed by atoms with Gasteiger partial charge < -0.3 is 33.6 Å². The third-order valence-electron chi connectivity index (χ3n) is 6.03. The van der Waals surface area contributed by atoms with E-state index in [9.17, 15) is 20.0 Å². The maximum Gasteiger partial charge on any atom is 1.00 e. The number of ether oxygens (including phenoxy) is 5. The van der Waals surface area contributed by atoms with Crippen LogP contribution < -0.4 is 80.2 Å². The van der Waals surface area contributed by atoms with Gasteiger partial charge in [0.1, 0.15) is 12.4 Å². The van der Waals surface area contributed by atoms with Gasteiger partial charge >= 0.3 is 51.4 Å². The summed E-state index contributed by atoms with van der Waals surface area (Å²) in [6, 6.07) is 12.0. The number of aryl methyl sites for hydroxylation is 1. The number of aliphatic carboxylic acids is 1. The van der Waals surface area contributed by atoms with Gasteiger partial charge in [-0.25, -0.2) is 0 Å². The Labute approximate surface area is 275 Å². The molecular weight excluding hydrogens is 545 g/mol. The van der Waals surface area contributed by atoms with Gasteiger partial charge in [0.15, 0.2) is 23.0 Å². The molecule has 0 aliphatic rings. The summed E-state index contributed by atoms with van der Waals surface area (Å²) >= 11 is 0. The van der Waals surface area contributed by atoms with Crippen LogP contribution in [0.1, 0.15) is 34.2 Å². The summed E-state index contributed by atoms with van der Waals surface area (Å²) in [5.41, 5.74) is 3.95. The van der Waals surface area contributed by atoms with Gasteiger partial charge in [-0.3, -0.25) is 10.1 Å². The van der Waals surface area contributed by atoms with E-state index in [2.05, 4.69) is 6.07 Å². The van der Waals surface area contributed by atoms with Crippen LogP contribution in [0.3, 0.4) is 0 Å². The molecule has 0 fully saturated rings. The number of hydrogen-bond acceptors (Lipinski definition) is 9. The molecule has 0 aromatic heterocycles. The number of carbonyl (C=O) groups excluding carboxylic acids is 1. The molecule has 0 heterocycles. The molecule has 206 valence electrons. The summed E-state index contributed by atoms with van der Waals surface area (Å²) in [4.78, 5) is 21.9. The summed E-state index contributed by atoms with van der Waals surface area (Å²) in [5, 5.41) is 22.4. The van der Waals surface area contributed by atoms with Gasteiger partial charge in [0.05, 0.1) is 44.5 Å². The van der Waals surface area contributed by atoms with E-state index in [1.165, 1.54) is 26.4 Å². The Morgan fingerprint density at radius 2 is 1.45 bits per heavy atom. The molecule has 0 saturated heterocycles. The van der Waals surface area contributed by atoms with E-state index in [1.54, 1.807) is 19.2 Å². The average Bonchev–Trinajstić information content (AvgIpc) is 2.92. The minimum absolute atomic E-state index is 0. The molecule has 0 saturated carbocycles. The summed E-state index contributed by atoms with van der Waals surface area (Å²) < 4.78 is 27.5. The fourth-order valence-corrected chi connectivity index (χ4v) is 3.81. The molecule has 0 aliphatic heterocycles. The number of benzene rings is 3. The first-order valence-corrected chi connectivity index (χ1v) is 12.0. The molecule has 0 bridgehead atoms. The van der Waals surface area contributed by atoms with Crippen molar-refractivity contribution in [3.8, 4) is 28.7 Å². The largest absolute Gasteiger partial charge is 1.00 e. The summed E-state index contributed by atoms with van der Waals surface area (Å²) in [6.45, 7) is 3.64. The Kier molecular flexibility index (Phi) is 12.9. The molecule has 0 aliphatic carbocycles. The van der Waals surface area contributed by atoms with Gasteiger partial charge in [-0.05, 0) is 60.4 Å². The smallest absolute Gasteiger partial charge is 0.550 e. The quantitative estimate of drug-likeness (QED) is 0.129. The van der Waals surface area contributed by atoms with Crippen molar-refractivity contribution in [3.63, 3.8) is 0 Å². The van der Waals surface area contributed by atoms with Crippen LogP contribution in [-0.2, 0) is 11.4 Å². The minimum atomic E-state index is -1.30. The SMILES string of the molecule is COc1cc(COc2cc(/C=C/c3cc(C)c(C)c(OC)c3)ccc2OC)c([N+](=O)[O-])cc1OCCC(=O)[O-].[K+]. The van der Waals surface area contributed by atoms with Crippen molar-refractivity contribution in [3.05, 3.63) is 80.4 Å². The zero-order valence-corrected chi connectivity index (χ0v) is 26.6. The molecule has 0 unspecified atom stereocenters. The second-order valence-corrected chi connectivity index (χ2v) is 8.56. The second-order valence-electron chi connectivity index (χ2n) is 8.56. The van der Waals surface area contributed by atoms with E-state index in [-0.39, 0.29) is 93.8 Å². The van der Waals surface area contributed by atoms with Crippen LogP contribution in [-0.4, -0.2) is 38.8 Å². The Balaban J connectivity index is 0.00000560. The van der Waals surface area contributed by atoms with Gasteiger partial charge in [0.2, 0.25) is 0 Å². The van der Waals surface area contributed by atoms with Crippen LogP contribution >= 0.6 is 0 Å². The van der Waals surface area contributed by atoms with Gasteiger partial charge in [-0.1, -0.05) is 24.3 Å². The molecule has 0 radical (unpaired) electrons. The van der Waals surface area contributed by atoms with Crippen LogP contribution in [0.2, 0.25) is 0 Å². The number of nitro groups is 1. The molecular formula is C29H30KNO9. The molecule has 40 heavy (non-hydrogen) atoms. The van der Waals surface area contributed by atoms with Crippen LogP contribution in [0.5, 0.6) is 28.7 Å². The van der Waals surface area contributed by atoms with Gasteiger partial charge in [0, 0.05) is 12.4 Å². The molecule has 10 nitrogen and oxygen atoms in total. The van der Waals surface area contributed by atoms with Crippen LogP contribution in [0.15, 0.2) is 42.5 Å². The third-order valence-corrected chi connectivity index (χ3v) is 6.03. The van der Waals surface area contributed by atoms with Crippen molar-refractivity contribution in [1.29, 1.82) is 0 Å². The Morgan fingerprint density at radius 1 is 0.825 bits per heavy atom. The topological polar surface area (TPSA) is 129 Å². The fraction of sp³-hybridized carbons (Fsp3) is 0.276. The first-order chi connectivity index (χ1) is 18.7. The Hall–Kier alpha value is -3.09. The maximum atomic E-state index is 11.8. The van der Waals surface area contributed by atoms with Crippen LogP contribution in [0.4, 0.5) is 5.69 Å². The second kappa shape index (κ2) is 15.6. The zero-order valence-electron chi connectivity index (χ0n) is 23.4. The maximum absolute atomic E-state index is 11.8. The summed E-state index contributed by atoms with van der Waals surface area (Å²) in [6.07, 6.45) is 3.50. The Bertz CT molecular complexity index is 1390. The van der Waals surface area contributed by atoms with Crippen molar-refractivity contribution in [2.75, 3.05) is 27.9 Å². The number of carboxylic acids is 1. The minimum Gasteiger partial charge on any atom is -0.550 e. The van der Waals surface area contributed by atoms with Gasteiger partial charge in [-0.2, -0.15) is 0 Å². The predicted octanol–water partition coefficient (Wildman–Crippen LogP) is 1.51. The average molecular weight is 576 g/mol. The van der Waals surface area contributed by atoms with Crippen molar-refractivity contribution < 1.29 is 89.9 Å². The number of carbonyl (C=O) groups is 1. The first-order valence-electron chi connectivity index (χ1n) is 12.0. The van der Waals surface area contributed by atoms with Gasteiger partial charge in [-0.15, -0.1) is 0 Å². The number of hydrogen-bond donors (Lipinski definition) is 0. The Morgan fingerprint density at radius 3 is 2.08 bits per heavy atom. The molecule has 3 rings (SSSR count). The third kappa shape index (κ3) is 8.70. The molecule has 3 aromatic rings. The van der Waals surface area contributed by atoms with E-state index in [4.69, 9.17) is 23.7 Å². The first kappa shape index (κ1) is 33.1. The standard InChI is InChI=1S/C29H31NO9.K/c1-18-12-21(14-25(36-4)19(18)2)7-6-20-8-9-24(35-3)27(13-20)39-17-22-15-26(37-5)28(16-23(22)30(33)34)38-11-10-29(31)32;/h6-9,12-16H,10-11,17H2,1-5H3,(H,31,32);/q;+1/p-1/b7-6+;. The summed E-state index contributed by atoms with van der Waals surface area (Å²) in [7, 11) is 4.52. The zero-order chi connectivity index (χ0) is 28.5. The van der Waals surface area contributed by atoms with E-state index >= 15 is 0 Å². The molecule has 0 atom stereocenters. The number of methoxy groups -OCH3 is 3. The van der Waals surface area contributed by atoms with Crippen molar-refractivity contribution in [2.45, 2.75) is 26.9 Å². The van der Waals surface area contributed by atoms with E-state index in [1.807, 2.05) is 38.1 Å². The molecule has 11 heteroatoms. The monoisotopic (exact) mass is 575 g/mol. The van der Waals surface area contributed by atoms with E-state index in [0.29, 0.717) is 11.5 Å². The van der Waals surface area contributed by atoms with Gasteiger partial charge in [0.25, 0.3) is 5.69 Å². The van der Waals surface area contributed by atoms with Crippen molar-refractivity contribution in [1.82, 2.24) is 0 Å².